The van der Waals surface area contributed by atoms with Crippen LogP contribution < -0.4 is 0 Å². The number of hydrogen-bond acceptors (Lipinski definition) is 0. The van der Waals surface area contributed by atoms with E-state index in [1.54, 1.807) is 6.08 Å². The maximum Gasteiger partial charge on any atom is 0.0516 e. The third-order valence-electron chi connectivity index (χ3n) is 1.10. The first-order valence-corrected chi connectivity index (χ1v) is 3.62. The Morgan fingerprint density at radius 3 is 2.78 bits per heavy atom. The van der Waals surface area contributed by atoms with E-state index in [2.05, 4.69) is 12.7 Å². The van der Waals surface area contributed by atoms with Crippen LogP contribution in [0.1, 0.15) is 19.8 Å². The highest BCUT2D eigenvalue weighted by Crippen LogP contribution is 2.05. The van der Waals surface area contributed by atoms with Gasteiger partial charge in [0.2, 0.25) is 0 Å². The summed E-state index contributed by atoms with van der Waals surface area (Å²) >= 11 is 5.75. The van der Waals surface area contributed by atoms with Crippen molar-refractivity contribution in [2.75, 3.05) is 0 Å². The van der Waals surface area contributed by atoms with Crippen LogP contribution in [0, 0.1) is 0 Å². The fourth-order valence-electron chi connectivity index (χ4n) is 0.540. The lowest BCUT2D eigenvalue weighted by atomic mass is 10.2. The van der Waals surface area contributed by atoms with Crippen LogP contribution >= 0.6 is 11.6 Å². The van der Waals surface area contributed by atoms with Crippen molar-refractivity contribution in [1.29, 1.82) is 0 Å². The molecule has 0 aromatic rings. The van der Waals surface area contributed by atoms with Gasteiger partial charge in [-0.25, -0.2) is 0 Å². The summed E-state index contributed by atoms with van der Waals surface area (Å²) in [7, 11) is 0. The lowest BCUT2D eigenvalue weighted by molar-refractivity contribution is 0.876. The molecule has 0 aromatic carbocycles. The predicted molar refractivity (Wildman–Crippen MR) is 43.9 cm³/mol. The van der Waals surface area contributed by atoms with Crippen LogP contribution in [0.25, 0.3) is 0 Å². The van der Waals surface area contributed by atoms with E-state index in [0.29, 0.717) is 0 Å². The van der Waals surface area contributed by atoms with E-state index in [1.807, 2.05) is 13.0 Å². The van der Waals surface area contributed by atoms with Crippen LogP contribution in [-0.4, -0.2) is 5.38 Å². The number of halogens is 1. The van der Waals surface area contributed by atoms with Gasteiger partial charge in [0.1, 0.15) is 0 Å². The summed E-state index contributed by atoms with van der Waals surface area (Å²) in [6.07, 6.45) is 7.96. The molecule has 0 fully saturated rings. The molecule has 0 aliphatic carbocycles. The molecule has 0 spiro atoms. The van der Waals surface area contributed by atoms with E-state index < -0.39 is 0 Å². The van der Waals surface area contributed by atoms with Crippen molar-refractivity contribution in [2.45, 2.75) is 25.1 Å². The molecule has 0 aromatic heterocycles. The Kier molecular flexibility index (Phi) is 5.75. The molecule has 0 bridgehead atoms. The second-order valence-electron chi connectivity index (χ2n) is 1.90. The minimum atomic E-state index is 0.140. The molecule has 0 aliphatic rings. The Hall–Kier alpha value is -0.230. The molecule has 1 heteroatoms. The minimum absolute atomic E-state index is 0.140. The van der Waals surface area contributed by atoms with Crippen LogP contribution in [0.2, 0.25) is 0 Å². The molecule has 0 nitrogen and oxygen atoms in total. The molecule has 0 radical (unpaired) electrons. The van der Waals surface area contributed by atoms with Crippen molar-refractivity contribution < 1.29 is 0 Å². The predicted octanol–water partition coefficient (Wildman–Crippen LogP) is 3.14. The van der Waals surface area contributed by atoms with Gasteiger partial charge in [-0.05, 0) is 19.8 Å². The Morgan fingerprint density at radius 2 is 2.33 bits per heavy atom. The molecule has 0 aliphatic heterocycles. The van der Waals surface area contributed by atoms with E-state index in [9.17, 15) is 0 Å². The van der Waals surface area contributed by atoms with Gasteiger partial charge in [0.25, 0.3) is 0 Å². The standard InChI is InChI=1S/C8H13Cl/c1-3-5-6-7-8(9)4-2/h3-5,8H,2,6-7H2,1H3/b5-3+. The quantitative estimate of drug-likeness (QED) is 0.420. The van der Waals surface area contributed by atoms with Gasteiger partial charge in [0.15, 0.2) is 0 Å². The van der Waals surface area contributed by atoms with Crippen molar-refractivity contribution in [3.8, 4) is 0 Å². The fraction of sp³-hybridized carbons (Fsp3) is 0.500. The van der Waals surface area contributed by atoms with E-state index in [1.165, 1.54) is 0 Å². The maximum atomic E-state index is 5.75. The molecular formula is C8H13Cl. The summed E-state index contributed by atoms with van der Waals surface area (Å²) < 4.78 is 0. The zero-order valence-corrected chi connectivity index (χ0v) is 6.56. The van der Waals surface area contributed by atoms with Crippen molar-refractivity contribution in [3.63, 3.8) is 0 Å². The summed E-state index contributed by atoms with van der Waals surface area (Å²) in [6.45, 7) is 5.59. The molecular weight excluding hydrogens is 132 g/mol. The highest BCUT2D eigenvalue weighted by molar-refractivity contribution is 6.21. The SMILES string of the molecule is C=CC(Cl)CC/C=C/C. The molecule has 0 saturated carbocycles. The lowest BCUT2D eigenvalue weighted by Crippen LogP contribution is -1.89. The Balaban J connectivity index is 3.16. The Morgan fingerprint density at radius 1 is 1.67 bits per heavy atom. The van der Waals surface area contributed by atoms with Crippen LogP contribution in [0.15, 0.2) is 24.8 Å². The minimum Gasteiger partial charge on any atom is -0.118 e. The highest BCUT2D eigenvalue weighted by Gasteiger charge is 1.93. The summed E-state index contributed by atoms with van der Waals surface area (Å²) in [5.74, 6) is 0. The topological polar surface area (TPSA) is 0 Å². The van der Waals surface area contributed by atoms with E-state index in [0.717, 1.165) is 12.8 Å². The Labute approximate surface area is 62.2 Å². The molecule has 1 atom stereocenters. The Bertz CT molecular complexity index is 94.7. The van der Waals surface area contributed by atoms with Crippen molar-refractivity contribution >= 4 is 11.6 Å². The normalized spacial score (nSPS) is 14.0. The molecule has 1 unspecified atom stereocenters. The molecule has 0 rings (SSSR count). The smallest absolute Gasteiger partial charge is 0.0516 e. The number of rotatable bonds is 4. The molecule has 52 valence electrons. The average molecular weight is 145 g/mol. The average Bonchev–Trinajstić information content (AvgIpc) is 1.89. The van der Waals surface area contributed by atoms with Gasteiger partial charge in [-0.2, -0.15) is 0 Å². The second-order valence-corrected chi connectivity index (χ2v) is 2.46. The number of allylic oxidation sites excluding steroid dienone is 3. The van der Waals surface area contributed by atoms with Crippen LogP contribution in [0.3, 0.4) is 0 Å². The van der Waals surface area contributed by atoms with Crippen LogP contribution in [0.5, 0.6) is 0 Å². The van der Waals surface area contributed by atoms with E-state index >= 15 is 0 Å². The second kappa shape index (κ2) is 5.90. The summed E-state index contributed by atoms with van der Waals surface area (Å²) in [5, 5.41) is 0.140. The first-order valence-electron chi connectivity index (χ1n) is 3.19. The highest BCUT2D eigenvalue weighted by atomic mass is 35.5. The zero-order valence-electron chi connectivity index (χ0n) is 5.81. The summed E-state index contributed by atoms with van der Waals surface area (Å²) in [5.41, 5.74) is 0. The number of hydrogen-bond donors (Lipinski definition) is 0. The van der Waals surface area contributed by atoms with E-state index in [-0.39, 0.29) is 5.38 Å². The van der Waals surface area contributed by atoms with Gasteiger partial charge in [-0.1, -0.05) is 18.2 Å². The van der Waals surface area contributed by atoms with Gasteiger partial charge >= 0.3 is 0 Å². The lowest BCUT2D eigenvalue weighted by Gasteiger charge is -1.97. The fourth-order valence-corrected chi connectivity index (χ4v) is 0.666. The molecule has 0 heterocycles. The van der Waals surface area contributed by atoms with Crippen molar-refractivity contribution in [1.82, 2.24) is 0 Å². The first-order chi connectivity index (χ1) is 4.31. The van der Waals surface area contributed by atoms with Gasteiger partial charge in [0.05, 0.1) is 5.38 Å². The molecule has 9 heavy (non-hydrogen) atoms. The van der Waals surface area contributed by atoms with Crippen LogP contribution in [0.4, 0.5) is 0 Å². The third kappa shape index (κ3) is 5.64. The van der Waals surface area contributed by atoms with Crippen molar-refractivity contribution in [3.05, 3.63) is 24.8 Å². The summed E-state index contributed by atoms with van der Waals surface area (Å²) in [6, 6.07) is 0. The molecule has 0 N–H and O–H groups in total. The monoisotopic (exact) mass is 144 g/mol. The van der Waals surface area contributed by atoms with Gasteiger partial charge in [-0.3, -0.25) is 0 Å². The van der Waals surface area contributed by atoms with Crippen LogP contribution in [-0.2, 0) is 0 Å². The third-order valence-corrected chi connectivity index (χ3v) is 1.50. The first kappa shape index (κ1) is 8.77. The molecule has 0 saturated heterocycles. The number of alkyl halides is 1. The zero-order chi connectivity index (χ0) is 7.11. The van der Waals surface area contributed by atoms with Gasteiger partial charge < -0.3 is 0 Å². The van der Waals surface area contributed by atoms with E-state index in [4.69, 9.17) is 11.6 Å². The largest absolute Gasteiger partial charge is 0.118 e. The summed E-state index contributed by atoms with van der Waals surface area (Å²) in [4.78, 5) is 0. The van der Waals surface area contributed by atoms with Crippen molar-refractivity contribution in [2.24, 2.45) is 0 Å². The van der Waals surface area contributed by atoms with Gasteiger partial charge in [0, 0.05) is 0 Å². The molecule has 0 amide bonds. The maximum absolute atomic E-state index is 5.75. The van der Waals surface area contributed by atoms with Gasteiger partial charge in [-0.15, -0.1) is 18.2 Å².